The van der Waals surface area contributed by atoms with Crippen LogP contribution < -0.4 is 0 Å². The molecule has 0 radical (unpaired) electrons. The molecular formula is C8H8BrN3O. The van der Waals surface area contributed by atoms with Gasteiger partial charge in [-0.15, -0.1) is 0 Å². The van der Waals surface area contributed by atoms with E-state index in [1.807, 2.05) is 0 Å². The van der Waals surface area contributed by atoms with Crippen molar-refractivity contribution in [1.82, 2.24) is 15.0 Å². The molecule has 68 valence electrons. The van der Waals surface area contributed by atoms with E-state index >= 15 is 0 Å². The number of nitrogens with one attached hydrogen (secondary N) is 1. The number of aromatic amines is 1. The van der Waals surface area contributed by atoms with Crippen molar-refractivity contribution in [3.63, 3.8) is 0 Å². The van der Waals surface area contributed by atoms with Crippen molar-refractivity contribution in [2.24, 2.45) is 0 Å². The molecule has 2 N–H and O–H groups in total. The number of aryl methyl sites for hydroxylation is 1. The number of halogens is 1. The summed E-state index contributed by atoms with van der Waals surface area (Å²) in [4.78, 5) is 11.3. The van der Waals surface area contributed by atoms with E-state index in [0.717, 1.165) is 15.5 Å². The zero-order valence-corrected chi connectivity index (χ0v) is 8.59. The summed E-state index contributed by atoms with van der Waals surface area (Å²) in [6.07, 6.45) is 1.79. The Labute approximate surface area is 83.2 Å². The Morgan fingerprint density at radius 3 is 3.00 bits per heavy atom. The van der Waals surface area contributed by atoms with E-state index in [1.165, 1.54) is 0 Å². The minimum atomic E-state index is -0.0731. The van der Waals surface area contributed by atoms with Gasteiger partial charge in [0.05, 0.1) is 17.7 Å². The van der Waals surface area contributed by atoms with Gasteiger partial charge in [0, 0.05) is 10.7 Å². The maximum atomic E-state index is 9.08. The Morgan fingerprint density at radius 2 is 2.31 bits per heavy atom. The third kappa shape index (κ3) is 1.34. The van der Waals surface area contributed by atoms with Crippen LogP contribution in [0, 0.1) is 6.92 Å². The molecule has 2 rings (SSSR count). The summed E-state index contributed by atoms with van der Waals surface area (Å²) in [5.74, 6) is 0.658. The molecule has 0 spiro atoms. The molecule has 0 amide bonds. The first-order chi connectivity index (χ1) is 6.22. The quantitative estimate of drug-likeness (QED) is 0.796. The maximum Gasteiger partial charge on any atom is 0.142 e. The fraction of sp³-hybridized carbons (Fsp3) is 0.250. The van der Waals surface area contributed by atoms with Crippen LogP contribution in [0.4, 0.5) is 0 Å². The van der Waals surface area contributed by atoms with Crippen molar-refractivity contribution >= 4 is 27.0 Å². The smallest absolute Gasteiger partial charge is 0.142 e. The van der Waals surface area contributed by atoms with Crippen molar-refractivity contribution in [1.29, 1.82) is 0 Å². The summed E-state index contributed by atoms with van der Waals surface area (Å²) >= 11 is 3.36. The third-order valence-electron chi connectivity index (χ3n) is 1.82. The lowest BCUT2D eigenvalue weighted by atomic mass is 10.3. The number of aliphatic hydroxyl groups is 1. The van der Waals surface area contributed by atoms with Crippen LogP contribution in [-0.2, 0) is 6.61 Å². The minimum absolute atomic E-state index is 0.0731. The Balaban J connectivity index is 2.85. The molecule has 0 aliphatic carbocycles. The molecule has 0 saturated carbocycles. The first-order valence-electron chi connectivity index (χ1n) is 3.83. The number of fused-ring (bicyclic) bond motifs is 1. The lowest BCUT2D eigenvalue weighted by Gasteiger charge is -1.99. The van der Waals surface area contributed by atoms with Crippen molar-refractivity contribution in [3.05, 3.63) is 22.2 Å². The van der Waals surface area contributed by atoms with Gasteiger partial charge in [0.1, 0.15) is 11.5 Å². The monoisotopic (exact) mass is 241 g/mol. The molecular weight excluding hydrogens is 234 g/mol. The molecule has 0 bridgehead atoms. The Morgan fingerprint density at radius 1 is 1.54 bits per heavy atom. The molecule has 2 heterocycles. The van der Waals surface area contributed by atoms with Crippen LogP contribution in [0.25, 0.3) is 11.0 Å². The van der Waals surface area contributed by atoms with Gasteiger partial charge in [-0.25, -0.2) is 9.97 Å². The highest BCUT2D eigenvalue weighted by Crippen LogP contribution is 2.24. The van der Waals surface area contributed by atoms with E-state index in [2.05, 4.69) is 30.9 Å². The first kappa shape index (κ1) is 8.65. The van der Waals surface area contributed by atoms with Crippen LogP contribution in [0.3, 0.4) is 0 Å². The van der Waals surface area contributed by atoms with Crippen LogP contribution in [0.5, 0.6) is 0 Å². The second kappa shape index (κ2) is 3.08. The molecule has 0 aliphatic heterocycles. The van der Waals surface area contributed by atoms with Gasteiger partial charge in [0.25, 0.3) is 0 Å². The van der Waals surface area contributed by atoms with Crippen LogP contribution in [0.1, 0.15) is 11.5 Å². The minimum Gasteiger partial charge on any atom is -0.390 e. The lowest BCUT2D eigenvalue weighted by Crippen LogP contribution is -1.96. The number of aliphatic hydroxyl groups excluding tert-OH is 1. The van der Waals surface area contributed by atoms with Gasteiger partial charge in [-0.2, -0.15) is 0 Å². The fourth-order valence-electron chi connectivity index (χ4n) is 1.30. The highest BCUT2D eigenvalue weighted by atomic mass is 79.9. The Kier molecular flexibility index (Phi) is 2.05. The van der Waals surface area contributed by atoms with Gasteiger partial charge < -0.3 is 10.1 Å². The number of hydrogen-bond donors (Lipinski definition) is 2. The predicted octanol–water partition coefficient (Wildman–Crippen LogP) is 1.52. The Bertz CT molecular complexity index is 452. The van der Waals surface area contributed by atoms with E-state index < -0.39 is 0 Å². The number of hydrogen-bond acceptors (Lipinski definition) is 3. The number of H-pyrrole nitrogens is 1. The van der Waals surface area contributed by atoms with E-state index in [0.29, 0.717) is 11.5 Å². The molecule has 13 heavy (non-hydrogen) atoms. The molecule has 2 aromatic rings. The van der Waals surface area contributed by atoms with E-state index in [-0.39, 0.29) is 6.61 Å². The predicted molar refractivity (Wildman–Crippen MR) is 52.2 cm³/mol. The summed E-state index contributed by atoms with van der Waals surface area (Å²) in [6.45, 7) is 1.73. The third-order valence-corrected chi connectivity index (χ3v) is 2.45. The number of nitrogens with zero attached hydrogens (tertiary/aromatic N) is 2. The molecule has 0 aliphatic rings. The second-order valence-electron chi connectivity index (χ2n) is 2.74. The van der Waals surface area contributed by atoms with Crippen LogP contribution in [-0.4, -0.2) is 20.1 Å². The van der Waals surface area contributed by atoms with Gasteiger partial charge in [0.15, 0.2) is 0 Å². The standard InChI is InChI=1S/C8H8BrN3O/c1-4-11-6(3-13)7-5(9)2-10-8(7)12-4/h2,13H,3H2,1H3,(H,10,11,12). The molecule has 0 unspecified atom stereocenters. The molecule has 0 saturated heterocycles. The number of rotatable bonds is 1. The summed E-state index contributed by atoms with van der Waals surface area (Å²) in [5.41, 5.74) is 1.40. The summed E-state index contributed by atoms with van der Waals surface area (Å²) < 4.78 is 0.881. The molecule has 2 aromatic heterocycles. The van der Waals surface area contributed by atoms with Gasteiger partial charge in [-0.3, -0.25) is 0 Å². The molecule has 0 fully saturated rings. The van der Waals surface area contributed by atoms with Gasteiger partial charge in [0.2, 0.25) is 0 Å². The van der Waals surface area contributed by atoms with Crippen molar-refractivity contribution < 1.29 is 5.11 Å². The van der Waals surface area contributed by atoms with E-state index in [1.54, 1.807) is 13.1 Å². The summed E-state index contributed by atoms with van der Waals surface area (Å²) in [5, 5.41) is 9.93. The van der Waals surface area contributed by atoms with E-state index in [9.17, 15) is 0 Å². The maximum absolute atomic E-state index is 9.08. The first-order valence-corrected chi connectivity index (χ1v) is 4.62. The molecule has 4 nitrogen and oxygen atoms in total. The summed E-state index contributed by atoms with van der Waals surface area (Å²) in [6, 6.07) is 0. The van der Waals surface area contributed by atoms with Crippen molar-refractivity contribution in [3.8, 4) is 0 Å². The molecule has 0 aromatic carbocycles. The normalized spacial score (nSPS) is 11.0. The zero-order valence-electron chi connectivity index (χ0n) is 7.00. The van der Waals surface area contributed by atoms with Gasteiger partial charge >= 0.3 is 0 Å². The highest BCUT2D eigenvalue weighted by Gasteiger charge is 2.09. The topological polar surface area (TPSA) is 61.8 Å². The zero-order chi connectivity index (χ0) is 9.42. The molecule has 5 heteroatoms. The lowest BCUT2D eigenvalue weighted by molar-refractivity contribution is 0.278. The fourth-order valence-corrected chi connectivity index (χ4v) is 1.84. The highest BCUT2D eigenvalue weighted by molar-refractivity contribution is 9.10. The van der Waals surface area contributed by atoms with Crippen molar-refractivity contribution in [2.45, 2.75) is 13.5 Å². The van der Waals surface area contributed by atoms with Crippen LogP contribution >= 0.6 is 15.9 Å². The van der Waals surface area contributed by atoms with Crippen LogP contribution in [0.15, 0.2) is 10.7 Å². The SMILES string of the molecule is Cc1nc(CO)c2c(Br)c[nH]c2n1. The van der Waals surface area contributed by atoms with Crippen LogP contribution in [0.2, 0.25) is 0 Å². The second-order valence-corrected chi connectivity index (χ2v) is 3.59. The van der Waals surface area contributed by atoms with Crippen molar-refractivity contribution in [2.75, 3.05) is 0 Å². The van der Waals surface area contributed by atoms with Gasteiger partial charge in [-0.05, 0) is 22.9 Å². The van der Waals surface area contributed by atoms with E-state index in [4.69, 9.17) is 5.11 Å². The van der Waals surface area contributed by atoms with Gasteiger partial charge in [-0.1, -0.05) is 0 Å². The molecule has 0 atom stereocenters. The summed E-state index contributed by atoms with van der Waals surface area (Å²) in [7, 11) is 0. The largest absolute Gasteiger partial charge is 0.390 e. The average molecular weight is 242 g/mol. The average Bonchev–Trinajstić information content (AvgIpc) is 2.46. The Hall–Kier alpha value is -0.940. The number of aromatic nitrogens is 3.